The molecule has 6 heteroatoms. The minimum atomic E-state index is -0.612. The zero-order chi connectivity index (χ0) is 20.1. The number of carbonyl (C=O) groups is 2. The summed E-state index contributed by atoms with van der Waals surface area (Å²) in [6.07, 6.45) is 4.55. The van der Waals surface area contributed by atoms with Crippen molar-refractivity contribution in [3.05, 3.63) is 66.4 Å². The fraction of sp³-hybridized carbons (Fsp3) is 0.304. The van der Waals surface area contributed by atoms with Crippen molar-refractivity contribution in [2.24, 2.45) is 0 Å². The fourth-order valence-electron chi connectivity index (χ4n) is 3.30. The van der Waals surface area contributed by atoms with Crippen LogP contribution in [0.3, 0.4) is 0 Å². The highest BCUT2D eigenvalue weighted by Crippen LogP contribution is 2.21. The van der Waals surface area contributed by atoms with Crippen LogP contribution in [0, 0.1) is 0 Å². The molecule has 1 fully saturated rings. The molecule has 29 heavy (non-hydrogen) atoms. The molecule has 2 aromatic carbocycles. The van der Waals surface area contributed by atoms with Crippen LogP contribution in [0.1, 0.15) is 24.8 Å². The van der Waals surface area contributed by atoms with Crippen LogP contribution in [0.2, 0.25) is 0 Å². The van der Waals surface area contributed by atoms with E-state index in [1.807, 2.05) is 60.8 Å². The third-order valence-electron chi connectivity index (χ3n) is 5.02. The Morgan fingerprint density at radius 1 is 1.07 bits per heavy atom. The molecule has 0 unspecified atom stereocenters. The quantitative estimate of drug-likeness (QED) is 0.524. The zero-order valence-corrected chi connectivity index (χ0v) is 16.2. The standard InChI is InChI=1S/C23H25N3O3/c27-22(12-13-29-18-6-2-1-3-7-18)26-21(23(28)25-17-10-11-17)14-16-15-24-20-9-5-4-8-19(16)20/h1-9,15,17,21,24H,10-14H2,(H,25,28)(H,26,27)/t21-/m0/s1. The average Bonchev–Trinajstić information content (AvgIpc) is 3.46. The summed E-state index contributed by atoms with van der Waals surface area (Å²) >= 11 is 0. The number of aromatic amines is 1. The monoisotopic (exact) mass is 391 g/mol. The van der Waals surface area contributed by atoms with Crippen molar-refractivity contribution >= 4 is 22.7 Å². The lowest BCUT2D eigenvalue weighted by molar-refractivity contribution is -0.129. The van der Waals surface area contributed by atoms with E-state index in [0.717, 1.165) is 35.1 Å². The maximum atomic E-state index is 12.7. The first-order chi connectivity index (χ1) is 14.2. The maximum absolute atomic E-state index is 12.7. The number of ether oxygens (including phenoxy) is 1. The van der Waals surface area contributed by atoms with Crippen molar-refractivity contribution in [3.8, 4) is 5.75 Å². The Morgan fingerprint density at radius 2 is 1.83 bits per heavy atom. The highest BCUT2D eigenvalue weighted by molar-refractivity contribution is 5.89. The van der Waals surface area contributed by atoms with Gasteiger partial charge in [-0.15, -0.1) is 0 Å². The first-order valence-corrected chi connectivity index (χ1v) is 10.0. The Hall–Kier alpha value is -3.28. The van der Waals surface area contributed by atoms with Crippen molar-refractivity contribution in [1.29, 1.82) is 0 Å². The van der Waals surface area contributed by atoms with E-state index in [-0.39, 0.29) is 30.9 Å². The largest absolute Gasteiger partial charge is 0.493 e. The van der Waals surface area contributed by atoms with E-state index in [1.54, 1.807) is 0 Å². The van der Waals surface area contributed by atoms with Gasteiger partial charge in [0.15, 0.2) is 0 Å². The van der Waals surface area contributed by atoms with E-state index in [0.29, 0.717) is 6.42 Å². The van der Waals surface area contributed by atoms with Crippen molar-refractivity contribution in [2.45, 2.75) is 37.8 Å². The second kappa shape index (κ2) is 8.82. The first kappa shape index (κ1) is 19.1. The molecule has 6 nitrogen and oxygen atoms in total. The number of fused-ring (bicyclic) bond motifs is 1. The Morgan fingerprint density at radius 3 is 2.62 bits per heavy atom. The lowest BCUT2D eigenvalue weighted by atomic mass is 10.0. The van der Waals surface area contributed by atoms with Gasteiger partial charge in [0, 0.05) is 29.6 Å². The third-order valence-corrected chi connectivity index (χ3v) is 5.02. The van der Waals surface area contributed by atoms with Crippen LogP contribution >= 0.6 is 0 Å². The maximum Gasteiger partial charge on any atom is 0.243 e. The number of nitrogens with one attached hydrogen (secondary N) is 3. The molecule has 1 atom stereocenters. The number of amides is 2. The summed E-state index contributed by atoms with van der Waals surface area (Å²) in [6, 6.07) is 17.0. The molecule has 1 heterocycles. The number of para-hydroxylation sites is 2. The topological polar surface area (TPSA) is 83.2 Å². The summed E-state index contributed by atoms with van der Waals surface area (Å²) in [6.45, 7) is 0.264. The molecule has 0 saturated heterocycles. The minimum Gasteiger partial charge on any atom is -0.493 e. The van der Waals surface area contributed by atoms with Crippen molar-refractivity contribution in [1.82, 2.24) is 15.6 Å². The van der Waals surface area contributed by atoms with Gasteiger partial charge in [0.2, 0.25) is 11.8 Å². The lowest BCUT2D eigenvalue weighted by Crippen LogP contribution is -2.48. The van der Waals surface area contributed by atoms with Crippen LogP contribution in [0.4, 0.5) is 0 Å². The van der Waals surface area contributed by atoms with E-state index >= 15 is 0 Å². The fourth-order valence-corrected chi connectivity index (χ4v) is 3.30. The summed E-state index contributed by atoms with van der Waals surface area (Å²) < 4.78 is 5.59. The van der Waals surface area contributed by atoms with E-state index in [1.165, 1.54) is 0 Å². The molecule has 1 aliphatic rings. The van der Waals surface area contributed by atoms with Crippen LogP contribution in [-0.2, 0) is 16.0 Å². The summed E-state index contributed by atoms with van der Waals surface area (Å²) in [5, 5.41) is 6.97. The van der Waals surface area contributed by atoms with E-state index < -0.39 is 6.04 Å². The molecule has 1 aliphatic carbocycles. The number of hydrogen-bond acceptors (Lipinski definition) is 3. The first-order valence-electron chi connectivity index (χ1n) is 10.0. The second-order valence-corrected chi connectivity index (χ2v) is 7.38. The zero-order valence-electron chi connectivity index (χ0n) is 16.2. The predicted molar refractivity (Wildman–Crippen MR) is 112 cm³/mol. The normalized spacial score (nSPS) is 14.3. The summed E-state index contributed by atoms with van der Waals surface area (Å²) in [5.41, 5.74) is 2.03. The number of hydrogen-bond donors (Lipinski definition) is 3. The van der Waals surface area contributed by atoms with E-state index in [4.69, 9.17) is 4.74 Å². The average molecular weight is 391 g/mol. The van der Waals surface area contributed by atoms with Crippen molar-refractivity contribution < 1.29 is 14.3 Å². The van der Waals surface area contributed by atoms with Gasteiger partial charge in [-0.25, -0.2) is 0 Å². The van der Waals surface area contributed by atoms with E-state index in [2.05, 4.69) is 15.6 Å². The molecule has 1 saturated carbocycles. The highest BCUT2D eigenvalue weighted by atomic mass is 16.5. The smallest absolute Gasteiger partial charge is 0.243 e. The molecule has 3 aromatic rings. The van der Waals surface area contributed by atoms with Gasteiger partial charge < -0.3 is 20.4 Å². The number of carbonyl (C=O) groups excluding carboxylic acids is 2. The molecular weight excluding hydrogens is 366 g/mol. The van der Waals surface area contributed by atoms with Crippen LogP contribution in [0.15, 0.2) is 60.8 Å². The highest BCUT2D eigenvalue weighted by Gasteiger charge is 2.29. The Bertz CT molecular complexity index is 979. The molecule has 1 aromatic heterocycles. The molecule has 4 rings (SSSR count). The van der Waals surface area contributed by atoms with Gasteiger partial charge in [0.25, 0.3) is 0 Å². The van der Waals surface area contributed by atoms with Crippen LogP contribution in [0.25, 0.3) is 10.9 Å². The molecule has 0 bridgehead atoms. The molecule has 150 valence electrons. The van der Waals surface area contributed by atoms with Gasteiger partial charge in [-0.1, -0.05) is 36.4 Å². The van der Waals surface area contributed by atoms with Gasteiger partial charge in [0.1, 0.15) is 11.8 Å². The van der Waals surface area contributed by atoms with Crippen LogP contribution in [-0.4, -0.2) is 35.5 Å². The predicted octanol–water partition coefficient (Wildman–Crippen LogP) is 2.94. The molecule has 0 radical (unpaired) electrons. The van der Waals surface area contributed by atoms with Gasteiger partial charge in [0.05, 0.1) is 13.0 Å². The third kappa shape index (κ3) is 5.16. The lowest BCUT2D eigenvalue weighted by Gasteiger charge is -2.18. The number of rotatable bonds is 9. The van der Waals surface area contributed by atoms with E-state index in [9.17, 15) is 9.59 Å². The van der Waals surface area contributed by atoms with Crippen LogP contribution in [0.5, 0.6) is 5.75 Å². The molecule has 2 amide bonds. The molecule has 3 N–H and O–H groups in total. The summed E-state index contributed by atoms with van der Waals surface area (Å²) in [7, 11) is 0. The van der Waals surface area contributed by atoms with Crippen molar-refractivity contribution in [2.75, 3.05) is 6.61 Å². The molecular formula is C23H25N3O3. The molecule has 0 spiro atoms. The number of aromatic nitrogens is 1. The van der Waals surface area contributed by atoms with Gasteiger partial charge >= 0.3 is 0 Å². The Balaban J connectivity index is 1.38. The minimum absolute atomic E-state index is 0.130. The Labute approximate surface area is 169 Å². The Kier molecular flexibility index (Phi) is 5.79. The number of benzene rings is 2. The van der Waals surface area contributed by atoms with Gasteiger partial charge in [-0.2, -0.15) is 0 Å². The summed E-state index contributed by atoms with van der Waals surface area (Å²) in [5.74, 6) is 0.397. The second-order valence-electron chi connectivity index (χ2n) is 7.38. The van der Waals surface area contributed by atoms with Crippen LogP contribution < -0.4 is 15.4 Å². The van der Waals surface area contributed by atoms with Gasteiger partial charge in [-0.05, 0) is 36.6 Å². The number of H-pyrrole nitrogens is 1. The molecule has 0 aliphatic heterocycles. The van der Waals surface area contributed by atoms with Crippen molar-refractivity contribution in [3.63, 3.8) is 0 Å². The SMILES string of the molecule is O=C(CCOc1ccccc1)N[C@@H](Cc1c[nH]c2ccccc12)C(=O)NC1CC1. The van der Waals surface area contributed by atoms with Gasteiger partial charge in [-0.3, -0.25) is 9.59 Å². The summed E-state index contributed by atoms with van der Waals surface area (Å²) in [4.78, 5) is 28.4.